The van der Waals surface area contributed by atoms with Crippen molar-refractivity contribution in [3.05, 3.63) is 45.5 Å². The largest absolute Gasteiger partial charge is 0.271 e. The van der Waals surface area contributed by atoms with Crippen molar-refractivity contribution in [3.63, 3.8) is 0 Å². The molecule has 1 aromatic carbocycles. The molecule has 1 aromatic heterocycles. The molecule has 19 heavy (non-hydrogen) atoms. The predicted octanol–water partition coefficient (Wildman–Crippen LogP) is 2.66. The first kappa shape index (κ1) is 14.1. The highest BCUT2D eigenvalue weighted by Crippen LogP contribution is 2.28. The number of aromatic nitrogens is 2. The van der Waals surface area contributed by atoms with Crippen LogP contribution in [0.2, 0.25) is 0 Å². The lowest BCUT2D eigenvalue weighted by molar-refractivity contribution is 0.636. The van der Waals surface area contributed by atoms with Gasteiger partial charge in [0.05, 0.1) is 16.6 Å². The van der Waals surface area contributed by atoms with E-state index < -0.39 is 0 Å². The van der Waals surface area contributed by atoms with Crippen LogP contribution in [0, 0.1) is 13.8 Å². The fourth-order valence-electron chi connectivity index (χ4n) is 2.11. The van der Waals surface area contributed by atoms with E-state index in [4.69, 9.17) is 5.84 Å². The molecule has 1 atom stereocenters. The molecule has 3 N–H and O–H groups in total. The Morgan fingerprint density at radius 2 is 2.11 bits per heavy atom. The van der Waals surface area contributed by atoms with Crippen molar-refractivity contribution in [1.29, 1.82) is 0 Å². The minimum Gasteiger partial charge on any atom is -0.271 e. The van der Waals surface area contributed by atoms with Gasteiger partial charge in [-0.05, 0) is 48.5 Å². The monoisotopic (exact) mass is 276 g/mol. The summed E-state index contributed by atoms with van der Waals surface area (Å²) in [6.45, 7) is 6.37. The zero-order chi connectivity index (χ0) is 13.8. The Labute approximate surface area is 118 Å². The number of hydrogen-bond acceptors (Lipinski definition) is 5. The third-order valence-corrected chi connectivity index (χ3v) is 4.20. The lowest BCUT2D eigenvalue weighted by atomic mass is 9.99. The SMILES string of the molecule is CCCc1nnsc1C(NN)c1ccc(C)c(C)c1. The van der Waals surface area contributed by atoms with E-state index in [1.165, 1.54) is 22.7 Å². The summed E-state index contributed by atoms with van der Waals surface area (Å²) in [6, 6.07) is 6.39. The van der Waals surface area contributed by atoms with Crippen molar-refractivity contribution in [2.45, 2.75) is 39.7 Å². The van der Waals surface area contributed by atoms with Crippen LogP contribution in [0.5, 0.6) is 0 Å². The first-order chi connectivity index (χ1) is 9.17. The summed E-state index contributed by atoms with van der Waals surface area (Å²) >= 11 is 1.42. The smallest absolute Gasteiger partial charge is 0.0837 e. The van der Waals surface area contributed by atoms with Crippen LogP contribution in [-0.4, -0.2) is 9.59 Å². The van der Waals surface area contributed by atoms with Crippen LogP contribution in [-0.2, 0) is 6.42 Å². The molecule has 102 valence electrons. The van der Waals surface area contributed by atoms with Gasteiger partial charge in [0.2, 0.25) is 0 Å². The first-order valence-electron chi connectivity index (χ1n) is 6.51. The van der Waals surface area contributed by atoms with Crippen LogP contribution < -0.4 is 11.3 Å². The lowest BCUT2D eigenvalue weighted by Crippen LogP contribution is -2.29. The maximum Gasteiger partial charge on any atom is 0.0837 e. The first-order valence-corrected chi connectivity index (χ1v) is 7.29. The molecule has 0 saturated heterocycles. The molecule has 0 fully saturated rings. The van der Waals surface area contributed by atoms with E-state index >= 15 is 0 Å². The second-order valence-electron chi connectivity index (χ2n) is 4.78. The molecular weight excluding hydrogens is 256 g/mol. The van der Waals surface area contributed by atoms with Gasteiger partial charge in [-0.1, -0.05) is 36.0 Å². The fourth-order valence-corrected chi connectivity index (χ4v) is 2.90. The molecule has 1 heterocycles. The van der Waals surface area contributed by atoms with E-state index in [-0.39, 0.29) is 6.04 Å². The third-order valence-electron chi connectivity index (χ3n) is 3.37. The molecule has 0 bridgehead atoms. The summed E-state index contributed by atoms with van der Waals surface area (Å²) in [5.74, 6) is 5.75. The summed E-state index contributed by atoms with van der Waals surface area (Å²) < 4.78 is 4.07. The molecule has 0 saturated carbocycles. The third kappa shape index (κ3) is 3.00. The minimum absolute atomic E-state index is 0.0270. The van der Waals surface area contributed by atoms with Gasteiger partial charge in [-0.3, -0.25) is 5.84 Å². The second-order valence-corrected chi connectivity index (χ2v) is 5.56. The highest BCUT2D eigenvalue weighted by molar-refractivity contribution is 7.05. The van der Waals surface area contributed by atoms with Crippen molar-refractivity contribution in [1.82, 2.24) is 15.0 Å². The van der Waals surface area contributed by atoms with Gasteiger partial charge in [-0.25, -0.2) is 5.43 Å². The minimum atomic E-state index is -0.0270. The summed E-state index contributed by atoms with van der Waals surface area (Å²) in [5, 5.41) is 4.21. The number of nitrogens with two attached hydrogens (primary N) is 1. The van der Waals surface area contributed by atoms with Crippen molar-refractivity contribution < 1.29 is 0 Å². The van der Waals surface area contributed by atoms with Gasteiger partial charge in [0.15, 0.2) is 0 Å². The van der Waals surface area contributed by atoms with Gasteiger partial charge in [-0.2, -0.15) is 0 Å². The van der Waals surface area contributed by atoms with Gasteiger partial charge < -0.3 is 0 Å². The Balaban J connectivity index is 2.38. The van der Waals surface area contributed by atoms with Crippen LogP contribution in [0.15, 0.2) is 18.2 Å². The number of hydrogen-bond donors (Lipinski definition) is 2. The molecule has 2 rings (SSSR count). The van der Waals surface area contributed by atoms with Gasteiger partial charge in [0.25, 0.3) is 0 Å². The highest BCUT2D eigenvalue weighted by atomic mass is 32.1. The van der Waals surface area contributed by atoms with E-state index in [9.17, 15) is 0 Å². The van der Waals surface area contributed by atoms with Crippen LogP contribution in [0.3, 0.4) is 0 Å². The molecule has 0 amide bonds. The second kappa shape index (κ2) is 6.23. The Hall–Kier alpha value is -1.30. The highest BCUT2D eigenvalue weighted by Gasteiger charge is 2.19. The van der Waals surface area contributed by atoms with E-state index in [1.54, 1.807) is 0 Å². The molecule has 5 heteroatoms. The number of aryl methyl sites for hydroxylation is 3. The van der Waals surface area contributed by atoms with Gasteiger partial charge in [0.1, 0.15) is 0 Å². The summed E-state index contributed by atoms with van der Waals surface area (Å²) in [5.41, 5.74) is 7.67. The molecule has 0 aliphatic rings. The zero-order valence-corrected chi connectivity index (χ0v) is 12.4. The Morgan fingerprint density at radius 3 is 2.74 bits per heavy atom. The normalized spacial score (nSPS) is 12.6. The fraction of sp³-hybridized carbons (Fsp3) is 0.429. The summed E-state index contributed by atoms with van der Waals surface area (Å²) in [6.07, 6.45) is 2.00. The standard InChI is InChI=1S/C14H20N4S/c1-4-5-12-14(19-18-17-12)13(16-15)11-7-6-9(2)10(3)8-11/h6-8,13,16H,4-5,15H2,1-3H3. The van der Waals surface area contributed by atoms with Crippen molar-refractivity contribution >= 4 is 11.5 Å². The van der Waals surface area contributed by atoms with Crippen LogP contribution in [0.4, 0.5) is 0 Å². The number of hydrazine groups is 1. The Morgan fingerprint density at radius 1 is 1.32 bits per heavy atom. The molecule has 0 aliphatic carbocycles. The molecule has 0 radical (unpaired) electrons. The summed E-state index contributed by atoms with van der Waals surface area (Å²) in [4.78, 5) is 1.12. The average molecular weight is 276 g/mol. The number of rotatable bonds is 5. The molecule has 4 nitrogen and oxygen atoms in total. The predicted molar refractivity (Wildman–Crippen MR) is 79.0 cm³/mol. The molecule has 0 spiro atoms. The van der Waals surface area contributed by atoms with E-state index in [0.717, 1.165) is 29.0 Å². The number of nitrogens with one attached hydrogen (secondary N) is 1. The molecule has 2 aromatic rings. The van der Waals surface area contributed by atoms with Gasteiger partial charge >= 0.3 is 0 Å². The maximum atomic E-state index is 5.75. The van der Waals surface area contributed by atoms with Gasteiger partial charge in [0, 0.05) is 0 Å². The average Bonchev–Trinajstić information content (AvgIpc) is 2.83. The number of benzene rings is 1. The molecule has 1 unspecified atom stereocenters. The molecular formula is C14H20N4S. The Kier molecular flexibility index (Phi) is 4.63. The lowest BCUT2D eigenvalue weighted by Gasteiger charge is -2.16. The van der Waals surface area contributed by atoms with Crippen LogP contribution in [0.1, 0.15) is 46.6 Å². The quantitative estimate of drug-likeness (QED) is 0.651. The van der Waals surface area contributed by atoms with Crippen LogP contribution in [0.25, 0.3) is 0 Å². The topological polar surface area (TPSA) is 63.8 Å². The van der Waals surface area contributed by atoms with Gasteiger partial charge in [-0.15, -0.1) is 5.10 Å². The van der Waals surface area contributed by atoms with E-state index in [1.807, 2.05) is 0 Å². The molecule has 0 aliphatic heterocycles. The van der Waals surface area contributed by atoms with E-state index in [0.29, 0.717) is 0 Å². The maximum absolute atomic E-state index is 5.75. The van der Waals surface area contributed by atoms with E-state index in [2.05, 4.69) is 54.0 Å². The number of nitrogens with zero attached hydrogens (tertiary/aromatic N) is 2. The van der Waals surface area contributed by atoms with Crippen molar-refractivity contribution in [2.24, 2.45) is 5.84 Å². The van der Waals surface area contributed by atoms with Crippen LogP contribution >= 0.6 is 11.5 Å². The van der Waals surface area contributed by atoms with Crippen molar-refractivity contribution in [2.75, 3.05) is 0 Å². The zero-order valence-electron chi connectivity index (χ0n) is 11.6. The summed E-state index contributed by atoms with van der Waals surface area (Å²) in [7, 11) is 0. The Bertz CT molecular complexity index is 550. The van der Waals surface area contributed by atoms with Crippen molar-refractivity contribution in [3.8, 4) is 0 Å².